The Morgan fingerprint density at radius 2 is 1.92 bits per heavy atom. The first-order valence-electron chi connectivity index (χ1n) is 2.97. The van der Waals surface area contributed by atoms with Gasteiger partial charge >= 0.3 is 0 Å². The molecule has 0 aliphatic rings. The van der Waals surface area contributed by atoms with Gasteiger partial charge in [0.2, 0.25) is 0 Å². The van der Waals surface area contributed by atoms with E-state index in [9.17, 15) is 9.90 Å². The van der Waals surface area contributed by atoms with Crippen LogP contribution in [-0.4, -0.2) is 10.3 Å². The van der Waals surface area contributed by atoms with Crippen molar-refractivity contribution in [2.75, 3.05) is 0 Å². The first kappa shape index (κ1) is 13.0. The van der Waals surface area contributed by atoms with Crippen molar-refractivity contribution in [1.82, 2.24) is 0 Å². The molecule has 0 aliphatic heterocycles. The van der Waals surface area contributed by atoms with Crippen molar-refractivity contribution < 1.29 is 9.90 Å². The van der Waals surface area contributed by atoms with E-state index < -0.39 is 5.24 Å². The quantitative estimate of drug-likeness (QED) is 0.534. The first-order valence-corrected chi connectivity index (χ1v) is 4.25. The van der Waals surface area contributed by atoms with E-state index >= 15 is 0 Å². The summed E-state index contributed by atoms with van der Waals surface area (Å²) in [7, 11) is 0. The third-order valence-corrected chi connectivity index (χ3v) is 2.55. The van der Waals surface area contributed by atoms with E-state index in [0.717, 1.165) is 0 Å². The van der Waals surface area contributed by atoms with Crippen LogP contribution in [0.5, 0.6) is 5.75 Å². The summed E-state index contributed by atoms with van der Waals surface area (Å²) >= 11 is 13.1. The van der Waals surface area contributed by atoms with E-state index in [0.29, 0.717) is 4.90 Å². The molecule has 1 aromatic carbocycles. The number of phenolic OH excluding ortho intramolecular Hbond substituents is 1. The average molecular weight is 257 g/mol. The van der Waals surface area contributed by atoms with Gasteiger partial charge in [0.25, 0.3) is 5.24 Å². The van der Waals surface area contributed by atoms with Gasteiger partial charge in [-0.3, -0.25) is 4.79 Å². The number of phenols is 1. The number of thiol groups is 2. The lowest BCUT2D eigenvalue weighted by Gasteiger charge is -2.03. The molecule has 0 saturated carbocycles. The van der Waals surface area contributed by atoms with Crippen LogP contribution in [0.15, 0.2) is 21.9 Å². The van der Waals surface area contributed by atoms with Gasteiger partial charge in [-0.2, -0.15) is 0 Å². The third kappa shape index (κ3) is 2.71. The van der Waals surface area contributed by atoms with E-state index in [1.165, 1.54) is 6.07 Å². The van der Waals surface area contributed by atoms with Crippen LogP contribution in [0, 0.1) is 0 Å². The van der Waals surface area contributed by atoms with Crippen LogP contribution in [0.3, 0.4) is 0 Å². The van der Waals surface area contributed by atoms with E-state index in [1.54, 1.807) is 6.07 Å². The largest absolute Gasteiger partial charge is 0.506 e. The lowest BCUT2D eigenvalue weighted by Crippen LogP contribution is -1.90. The molecule has 1 rings (SSSR count). The molecule has 0 aromatic heterocycles. The number of rotatable bonds is 1. The van der Waals surface area contributed by atoms with E-state index in [1.807, 2.05) is 0 Å². The molecule has 0 saturated heterocycles. The van der Waals surface area contributed by atoms with Gasteiger partial charge in [-0.1, -0.05) is 0 Å². The Balaban J connectivity index is 0.00000144. The van der Waals surface area contributed by atoms with Gasteiger partial charge in [0.1, 0.15) is 5.75 Å². The summed E-state index contributed by atoms with van der Waals surface area (Å²) in [5, 5.41) is 8.61. The predicted molar refractivity (Wildman–Crippen MR) is 60.0 cm³/mol. The van der Waals surface area contributed by atoms with Crippen LogP contribution >= 0.6 is 49.3 Å². The number of aromatic hydroxyl groups is 1. The molecule has 6 heteroatoms. The number of hydrogen-bond donors (Lipinski definition) is 3. The van der Waals surface area contributed by atoms with Crippen LogP contribution in [-0.2, 0) is 0 Å². The Hall–Kier alpha value is -0.0300. The van der Waals surface area contributed by atoms with Gasteiger partial charge in [-0.05, 0) is 23.7 Å². The van der Waals surface area contributed by atoms with Crippen LogP contribution < -0.4 is 0 Å². The monoisotopic (exact) mass is 256 g/mol. The number of benzene rings is 1. The Bertz CT molecular complexity index is 342. The van der Waals surface area contributed by atoms with E-state index in [2.05, 4.69) is 25.3 Å². The molecule has 0 heterocycles. The number of carbonyl (C=O) groups excluding carboxylic acids is 1. The standard InChI is InChI=1S/C7H5ClO2S2.ClH/c8-7(10)3-1-2-4(11)6(12)5(3)9;/h1-2,9,11-12H;1H. The highest BCUT2D eigenvalue weighted by Crippen LogP contribution is 2.32. The highest BCUT2D eigenvalue weighted by molar-refractivity contribution is 7.83. The molecule has 0 spiro atoms. The van der Waals surface area contributed by atoms with Gasteiger partial charge in [-0.25, -0.2) is 0 Å². The zero-order chi connectivity index (χ0) is 9.30. The minimum absolute atomic E-state index is 0. The second kappa shape index (κ2) is 5.00. The topological polar surface area (TPSA) is 37.3 Å². The molecule has 0 radical (unpaired) electrons. The highest BCUT2D eigenvalue weighted by atomic mass is 35.5. The molecule has 2 nitrogen and oxygen atoms in total. The van der Waals surface area contributed by atoms with Crippen molar-refractivity contribution >= 4 is 54.5 Å². The summed E-state index contributed by atoms with van der Waals surface area (Å²) in [4.78, 5) is 11.4. The molecule has 0 aliphatic carbocycles. The van der Waals surface area contributed by atoms with Crippen LogP contribution in [0.1, 0.15) is 10.4 Å². The van der Waals surface area contributed by atoms with Crippen LogP contribution in [0.25, 0.3) is 0 Å². The fraction of sp³-hybridized carbons (Fsp3) is 0. The molecular formula is C7H6Cl2O2S2. The van der Waals surface area contributed by atoms with E-state index in [4.69, 9.17) is 11.6 Å². The van der Waals surface area contributed by atoms with Gasteiger partial charge in [0, 0.05) is 4.90 Å². The predicted octanol–water partition coefficient (Wildman–Crippen LogP) is 2.77. The molecule has 0 unspecified atom stereocenters. The Labute approximate surface area is 97.5 Å². The van der Waals surface area contributed by atoms with Gasteiger partial charge in [-0.15, -0.1) is 37.7 Å². The second-order valence-corrected chi connectivity index (χ2v) is 3.38. The maximum Gasteiger partial charge on any atom is 0.256 e. The smallest absolute Gasteiger partial charge is 0.256 e. The molecule has 0 atom stereocenters. The van der Waals surface area contributed by atoms with Gasteiger partial charge in [0.05, 0.1) is 10.5 Å². The summed E-state index contributed by atoms with van der Waals surface area (Å²) < 4.78 is 0. The van der Waals surface area contributed by atoms with Gasteiger partial charge in [0.15, 0.2) is 0 Å². The van der Waals surface area contributed by atoms with Crippen LogP contribution in [0.2, 0.25) is 0 Å². The van der Waals surface area contributed by atoms with Crippen molar-refractivity contribution in [1.29, 1.82) is 0 Å². The highest BCUT2D eigenvalue weighted by Gasteiger charge is 2.12. The number of hydrogen-bond acceptors (Lipinski definition) is 4. The SMILES string of the molecule is Cl.O=C(Cl)c1ccc(S)c(S)c1O. The molecule has 1 N–H and O–H groups in total. The number of carbonyl (C=O) groups is 1. The molecule has 0 amide bonds. The Morgan fingerprint density at radius 3 is 2.38 bits per heavy atom. The Morgan fingerprint density at radius 1 is 1.38 bits per heavy atom. The summed E-state index contributed by atoms with van der Waals surface area (Å²) in [5.41, 5.74) is 0.0412. The fourth-order valence-electron chi connectivity index (χ4n) is 0.728. The van der Waals surface area contributed by atoms with Crippen molar-refractivity contribution in [3.8, 4) is 5.75 Å². The summed E-state index contributed by atoms with van der Waals surface area (Å²) in [5.74, 6) is -0.231. The third-order valence-electron chi connectivity index (χ3n) is 1.34. The maximum absolute atomic E-state index is 10.7. The van der Waals surface area contributed by atoms with Crippen LogP contribution in [0.4, 0.5) is 0 Å². The normalized spacial score (nSPS) is 9.15. The molecular weight excluding hydrogens is 251 g/mol. The molecule has 13 heavy (non-hydrogen) atoms. The fourth-order valence-corrected chi connectivity index (χ4v) is 1.26. The lowest BCUT2D eigenvalue weighted by molar-refractivity contribution is 0.107. The first-order chi connectivity index (χ1) is 5.54. The van der Waals surface area contributed by atoms with Crippen molar-refractivity contribution in [2.24, 2.45) is 0 Å². The zero-order valence-corrected chi connectivity index (χ0v) is 9.55. The summed E-state index contributed by atoms with van der Waals surface area (Å²) in [6.45, 7) is 0. The van der Waals surface area contributed by atoms with E-state index in [-0.39, 0.29) is 28.6 Å². The van der Waals surface area contributed by atoms with Crippen molar-refractivity contribution in [3.05, 3.63) is 17.7 Å². The zero-order valence-electron chi connectivity index (χ0n) is 6.19. The van der Waals surface area contributed by atoms with Crippen molar-refractivity contribution in [3.63, 3.8) is 0 Å². The second-order valence-electron chi connectivity index (χ2n) is 2.10. The Kier molecular flexibility index (Phi) is 4.99. The minimum atomic E-state index is -0.712. The summed E-state index contributed by atoms with van der Waals surface area (Å²) in [6, 6.07) is 2.94. The maximum atomic E-state index is 10.7. The molecule has 0 bridgehead atoms. The molecule has 0 fully saturated rings. The lowest BCUT2D eigenvalue weighted by atomic mass is 10.2. The minimum Gasteiger partial charge on any atom is -0.506 e. The van der Waals surface area contributed by atoms with Gasteiger partial charge < -0.3 is 5.11 Å². The summed E-state index contributed by atoms with van der Waals surface area (Å²) in [6.07, 6.45) is 0. The van der Waals surface area contributed by atoms with Crippen molar-refractivity contribution in [2.45, 2.75) is 9.79 Å². The molecule has 1 aromatic rings. The average Bonchev–Trinajstić information content (AvgIpc) is 2.00. The number of halogens is 2. The molecule has 72 valence electrons.